The fourth-order valence-corrected chi connectivity index (χ4v) is 1.24. The molecule has 1 aromatic rings. The van der Waals surface area contributed by atoms with Crippen LogP contribution in [0.15, 0.2) is 18.2 Å². The Morgan fingerprint density at radius 2 is 2.25 bits per heavy atom. The van der Waals surface area contributed by atoms with Crippen LogP contribution in [0, 0.1) is 5.82 Å². The summed E-state index contributed by atoms with van der Waals surface area (Å²) >= 11 is 10.3. The molecule has 0 aliphatic carbocycles. The third kappa shape index (κ3) is 3.15. The van der Waals surface area contributed by atoms with Crippen LogP contribution >= 0.6 is 23.8 Å². The van der Waals surface area contributed by atoms with Gasteiger partial charge in [-0.05, 0) is 25.1 Å². The van der Waals surface area contributed by atoms with Gasteiger partial charge in [0, 0.05) is 5.02 Å². The second-order valence-corrected chi connectivity index (χ2v) is 4.13. The van der Waals surface area contributed by atoms with Crippen molar-refractivity contribution in [3.63, 3.8) is 0 Å². The van der Waals surface area contributed by atoms with E-state index in [1.165, 1.54) is 12.1 Å². The van der Waals surface area contributed by atoms with Gasteiger partial charge in [-0.1, -0.05) is 23.8 Å². The van der Waals surface area contributed by atoms with Gasteiger partial charge in [-0.25, -0.2) is 4.39 Å². The molecule has 0 saturated heterocycles. The van der Waals surface area contributed by atoms with Gasteiger partial charge in [0.25, 0.3) is 5.91 Å². The second kappa shape index (κ2) is 5.23. The maximum absolute atomic E-state index is 13.3. The van der Waals surface area contributed by atoms with E-state index in [1.54, 1.807) is 6.92 Å². The largest absolute Gasteiger partial charge is 0.392 e. The summed E-state index contributed by atoms with van der Waals surface area (Å²) in [6.45, 7) is 1.62. The van der Waals surface area contributed by atoms with Crippen LogP contribution < -0.4 is 11.1 Å². The van der Waals surface area contributed by atoms with Crippen molar-refractivity contribution in [3.05, 3.63) is 34.6 Å². The average Bonchev–Trinajstić information content (AvgIpc) is 2.16. The average molecular weight is 261 g/mol. The van der Waals surface area contributed by atoms with Gasteiger partial charge in [0.2, 0.25) is 0 Å². The quantitative estimate of drug-likeness (QED) is 0.816. The molecule has 0 aromatic heterocycles. The van der Waals surface area contributed by atoms with E-state index < -0.39 is 17.8 Å². The number of amides is 1. The number of thiocarbonyl (C=S) groups is 1. The number of benzene rings is 1. The summed E-state index contributed by atoms with van der Waals surface area (Å²) in [5.41, 5.74) is 5.24. The van der Waals surface area contributed by atoms with E-state index >= 15 is 0 Å². The van der Waals surface area contributed by atoms with E-state index in [2.05, 4.69) is 17.5 Å². The number of carbonyl (C=O) groups excluding carboxylic acids is 1. The number of halogens is 2. The Kier molecular flexibility index (Phi) is 4.20. The van der Waals surface area contributed by atoms with Gasteiger partial charge in [0.15, 0.2) is 0 Å². The molecule has 3 nitrogen and oxygen atoms in total. The number of nitrogens with two attached hydrogens (primary N) is 1. The number of hydrogen-bond donors (Lipinski definition) is 2. The van der Waals surface area contributed by atoms with Gasteiger partial charge in [0.1, 0.15) is 5.82 Å². The molecule has 1 unspecified atom stereocenters. The molecular weight excluding hydrogens is 251 g/mol. The highest BCUT2D eigenvalue weighted by Gasteiger charge is 2.15. The minimum Gasteiger partial charge on any atom is -0.392 e. The van der Waals surface area contributed by atoms with Crippen LogP contribution in [0.1, 0.15) is 17.3 Å². The van der Waals surface area contributed by atoms with Crippen LogP contribution in [0.2, 0.25) is 5.02 Å². The van der Waals surface area contributed by atoms with Crippen molar-refractivity contribution in [2.24, 2.45) is 5.73 Å². The van der Waals surface area contributed by atoms with Crippen molar-refractivity contribution in [3.8, 4) is 0 Å². The Bertz CT molecular complexity index is 439. The highest BCUT2D eigenvalue weighted by Crippen LogP contribution is 2.14. The molecule has 0 radical (unpaired) electrons. The lowest BCUT2D eigenvalue weighted by atomic mass is 10.2. The third-order valence-electron chi connectivity index (χ3n) is 1.95. The first-order valence-electron chi connectivity index (χ1n) is 4.47. The SMILES string of the molecule is CC(NC(=O)c1ccc(Cl)cc1F)C(N)=S. The fourth-order valence-electron chi connectivity index (χ4n) is 1.02. The maximum Gasteiger partial charge on any atom is 0.254 e. The highest BCUT2D eigenvalue weighted by molar-refractivity contribution is 7.80. The lowest BCUT2D eigenvalue weighted by molar-refractivity contribution is 0.0945. The first-order valence-corrected chi connectivity index (χ1v) is 5.25. The van der Waals surface area contributed by atoms with Gasteiger partial charge in [0.05, 0.1) is 16.6 Å². The number of hydrogen-bond acceptors (Lipinski definition) is 2. The van der Waals surface area contributed by atoms with Gasteiger partial charge in [-0.2, -0.15) is 0 Å². The zero-order chi connectivity index (χ0) is 12.3. The molecule has 16 heavy (non-hydrogen) atoms. The molecule has 1 amide bonds. The van der Waals surface area contributed by atoms with Crippen molar-refractivity contribution in [1.82, 2.24) is 5.32 Å². The van der Waals surface area contributed by atoms with Crippen LogP contribution in [0.3, 0.4) is 0 Å². The van der Waals surface area contributed by atoms with Crippen LogP contribution in [0.25, 0.3) is 0 Å². The molecule has 0 saturated carbocycles. The highest BCUT2D eigenvalue weighted by atomic mass is 35.5. The van der Waals surface area contributed by atoms with Crippen molar-refractivity contribution >= 4 is 34.7 Å². The number of nitrogens with one attached hydrogen (secondary N) is 1. The molecule has 0 bridgehead atoms. The molecule has 1 aromatic carbocycles. The molecule has 0 fully saturated rings. The monoisotopic (exact) mass is 260 g/mol. The normalized spacial score (nSPS) is 11.9. The fraction of sp³-hybridized carbons (Fsp3) is 0.200. The standard InChI is InChI=1S/C10H10ClFN2OS/c1-5(9(13)16)14-10(15)7-3-2-6(11)4-8(7)12/h2-5H,1H3,(H2,13,16)(H,14,15). The van der Waals surface area contributed by atoms with Crippen molar-refractivity contribution in [2.75, 3.05) is 0 Å². The summed E-state index contributed by atoms with van der Waals surface area (Å²) in [4.78, 5) is 11.7. The molecular formula is C10H10ClFN2OS. The summed E-state index contributed by atoms with van der Waals surface area (Å²) in [7, 11) is 0. The smallest absolute Gasteiger partial charge is 0.254 e. The van der Waals surface area contributed by atoms with Crippen molar-refractivity contribution < 1.29 is 9.18 Å². The van der Waals surface area contributed by atoms with Crippen LogP contribution in [0.4, 0.5) is 4.39 Å². The van der Waals surface area contributed by atoms with E-state index in [4.69, 9.17) is 17.3 Å². The van der Waals surface area contributed by atoms with Gasteiger partial charge in [-0.15, -0.1) is 0 Å². The van der Waals surface area contributed by atoms with E-state index in [0.717, 1.165) is 6.07 Å². The third-order valence-corrected chi connectivity index (χ3v) is 2.54. The summed E-state index contributed by atoms with van der Waals surface area (Å²) in [5.74, 6) is -1.25. The van der Waals surface area contributed by atoms with Crippen molar-refractivity contribution in [2.45, 2.75) is 13.0 Å². The van der Waals surface area contributed by atoms with Crippen LogP contribution in [0.5, 0.6) is 0 Å². The molecule has 0 aliphatic heterocycles. The summed E-state index contributed by atoms with van der Waals surface area (Å²) < 4.78 is 13.3. The Morgan fingerprint density at radius 1 is 1.62 bits per heavy atom. The van der Waals surface area contributed by atoms with Gasteiger partial charge in [-0.3, -0.25) is 4.79 Å². The minimum atomic E-state index is -0.680. The van der Waals surface area contributed by atoms with E-state index in [-0.39, 0.29) is 15.6 Å². The first-order chi connectivity index (χ1) is 7.41. The van der Waals surface area contributed by atoms with E-state index in [0.29, 0.717) is 0 Å². The number of carbonyl (C=O) groups is 1. The molecule has 0 spiro atoms. The maximum atomic E-state index is 13.3. The Morgan fingerprint density at radius 3 is 2.75 bits per heavy atom. The first kappa shape index (κ1) is 12.9. The summed E-state index contributed by atoms with van der Waals surface area (Å²) in [6.07, 6.45) is 0. The van der Waals surface area contributed by atoms with Gasteiger partial charge >= 0.3 is 0 Å². The Hall–Kier alpha value is -1.20. The summed E-state index contributed by atoms with van der Waals surface area (Å²) in [6, 6.07) is 3.32. The molecule has 3 N–H and O–H groups in total. The van der Waals surface area contributed by atoms with Gasteiger partial charge < -0.3 is 11.1 Å². The zero-order valence-electron chi connectivity index (χ0n) is 8.46. The molecule has 1 rings (SSSR count). The molecule has 1 atom stereocenters. The summed E-state index contributed by atoms with van der Waals surface area (Å²) in [5, 5.41) is 2.70. The second-order valence-electron chi connectivity index (χ2n) is 3.22. The number of rotatable bonds is 3. The van der Waals surface area contributed by atoms with E-state index in [1.807, 2.05) is 0 Å². The Labute approximate surface area is 103 Å². The predicted octanol–water partition coefficient (Wildman–Crippen LogP) is 1.88. The Balaban J connectivity index is 2.85. The van der Waals surface area contributed by atoms with Crippen LogP contribution in [-0.4, -0.2) is 16.9 Å². The lowest BCUT2D eigenvalue weighted by Crippen LogP contribution is -2.41. The molecule has 0 aliphatic rings. The topological polar surface area (TPSA) is 55.1 Å². The minimum absolute atomic E-state index is 0.0903. The van der Waals surface area contributed by atoms with Crippen molar-refractivity contribution in [1.29, 1.82) is 0 Å². The molecule has 6 heteroatoms. The van der Waals surface area contributed by atoms with Crippen LogP contribution in [-0.2, 0) is 0 Å². The molecule has 86 valence electrons. The van der Waals surface area contributed by atoms with E-state index in [9.17, 15) is 9.18 Å². The lowest BCUT2D eigenvalue weighted by Gasteiger charge is -2.12. The molecule has 0 heterocycles. The zero-order valence-corrected chi connectivity index (χ0v) is 10.0. The predicted molar refractivity (Wildman–Crippen MR) is 65.1 cm³/mol.